The van der Waals surface area contributed by atoms with Crippen molar-refractivity contribution in [3.63, 3.8) is 0 Å². The minimum absolute atomic E-state index is 0.128. The summed E-state index contributed by atoms with van der Waals surface area (Å²) < 4.78 is 30.0. The van der Waals surface area contributed by atoms with E-state index in [-0.39, 0.29) is 30.0 Å². The van der Waals surface area contributed by atoms with Crippen LogP contribution in [0.4, 0.5) is 4.79 Å². The third-order valence-corrected chi connectivity index (χ3v) is 12.6. The van der Waals surface area contributed by atoms with E-state index < -0.39 is 6.09 Å². The molecule has 0 saturated carbocycles. The summed E-state index contributed by atoms with van der Waals surface area (Å²) in [7, 11) is 1.74. The second kappa shape index (κ2) is 43.4. The zero-order chi connectivity index (χ0) is 44.3. The molecule has 1 N–H and O–H groups in total. The molecule has 0 fully saturated rings. The molecular formula is C53H107NO6. The second-order valence-electron chi connectivity index (χ2n) is 19.5. The first-order valence-electron chi connectivity index (χ1n) is 26.4. The number of unbranched alkanes of at least 4 members (excludes halogenated alkanes) is 30. The number of nitrogens with one attached hydrogen (secondary N) is 1. The van der Waals surface area contributed by atoms with Crippen LogP contribution in [0.5, 0.6) is 0 Å². The molecule has 60 heavy (non-hydrogen) atoms. The van der Waals surface area contributed by atoms with Gasteiger partial charge in [-0.25, -0.2) is 4.79 Å². The molecule has 0 heterocycles. The first kappa shape index (κ1) is 59.1. The Morgan fingerprint density at radius 1 is 0.467 bits per heavy atom. The van der Waals surface area contributed by atoms with Gasteiger partial charge in [0.2, 0.25) is 0 Å². The lowest BCUT2D eigenvalue weighted by atomic mass is 10.0. The molecule has 7 heteroatoms. The van der Waals surface area contributed by atoms with Crippen molar-refractivity contribution in [2.75, 3.05) is 40.1 Å². The number of carbonyl (C=O) groups excluding carboxylic acids is 1. The average molecular weight is 854 g/mol. The highest BCUT2D eigenvalue weighted by atomic mass is 16.6. The zero-order valence-corrected chi connectivity index (χ0v) is 41.9. The summed E-state index contributed by atoms with van der Waals surface area (Å²) in [5, 5.41) is 2.94. The summed E-state index contributed by atoms with van der Waals surface area (Å²) in [6.45, 7) is 17.8. The van der Waals surface area contributed by atoms with Crippen LogP contribution < -0.4 is 5.32 Å². The van der Waals surface area contributed by atoms with Crippen LogP contribution >= 0.6 is 0 Å². The predicted molar refractivity (Wildman–Crippen MR) is 259 cm³/mol. The number of amides is 1. The van der Waals surface area contributed by atoms with Crippen molar-refractivity contribution >= 4 is 6.09 Å². The molecule has 0 aromatic rings. The van der Waals surface area contributed by atoms with E-state index in [1.165, 1.54) is 193 Å². The summed E-state index contributed by atoms with van der Waals surface area (Å²) >= 11 is 0. The molecule has 0 spiro atoms. The first-order valence-corrected chi connectivity index (χ1v) is 26.4. The highest BCUT2D eigenvalue weighted by Gasteiger charge is 2.23. The van der Waals surface area contributed by atoms with Crippen molar-refractivity contribution in [2.24, 2.45) is 0 Å². The van der Waals surface area contributed by atoms with Gasteiger partial charge in [0.25, 0.3) is 0 Å². The maximum Gasteiger partial charge on any atom is 0.407 e. The third-order valence-electron chi connectivity index (χ3n) is 12.6. The topological polar surface area (TPSA) is 75.3 Å². The standard InChI is InChI=1S/C53H107NO6/c1-9-11-13-15-17-19-21-23-25-27-29-31-33-35-37-39-45-57-49(3)50(48-59-51(55)54-44-41-42-53(6,7)60-47-43-52(4,5)56-8)58-46-40-38-36-34-32-30-28-26-24-22-20-18-16-14-12-10-2/h49-50H,9-48H2,1-8H3,(H,54,55). The van der Waals surface area contributed by atoms with Gasteiger partial charge in [-0.3, -0.25) is 0 Å². The Morgan fingerprint density at radius 3 is 1.22 bits per heavy atom. The zero-order valence-electron chi connectivity index (χ0n) is 41.9. The van der Waals surface area contributed by atoms with Crippen molar-refractivity contribution in [1.82, 2.24) is 5.32 Å². The SMILES string of the molecule is CCCCCCCCCCCCCCCCCCOC(C)C(COC(=O)NCCCC(C)(C)OCCC(C)(C)OC)OCCCCCCCCCCCCCCCCCC. The van der Waals surface area contributed by atoms with Crippen LogP contribution in [0.2, 0.25) is 0 Å². The molecule has 0 rings (SSSR count). The Labute approximate surface area is 375 Å². The van der Waals surface area contributed by atoms with Crippen LogP contribution in [0.25, 0.3) is 0 Å². The number of hydrogen-bond donors (Lipinski definition) is 1. The molecule has 0 aliphatic rings. The maximum atomic E-state index is 12.7. The van der Waals surface area contributed by atoms with Gasteiger partial charge < -0.3 is 29.0 Å². The van der Waals surface area contributed by atoms with E-state index in [4.69, 9.17) is 23.7 Å². The lowest BCUT2D eigenvalue weighted by Gasteiger charge is -2.29. The van der Waals surface area contributed by atoms with Gasteiger partial charge in [-0.15, -0.1) is 0 Å². The van der Waals surface area contributed by atoms with Crippen LogP contribution in [0.15, 0.2) is 0 Å². The van der Waals surface area contributed by atoms with Crippen LogP contribution in [0.1, 0.15) is 273 Å². The lowest BCUT2D eigenvalue weighted by Crippen LogP contribution is -2.37. The Balaban J connectivity index is 4.36. The molecule has 360 valence electrons. The van der Waals surface area contributed by atoms with Crippen molar-refractivity contribution in [3.8, 4) is 0 Å². The number of carbonyl (C=O) groups is 1. The highest BCUT2D eigenvalue weighted by Crippen LogP contribution is 2.21. The van der Waals surface area contributed by atoms with Crippen LogP contribution in [0, 0.1) is 0 Å². The molecule has 2 unspecified atom stereocenters. The molecule has 0 saturated heterocycles. The largest absolute Gasteiger partial charge is 0.447 e. The summed E-state index contributed by atoms with van der Waals surface area (Å²) in [4.78, 5) is 12.7. The minimum Gasteiger partial charge on any atom is -0.447 e. The van der Waals surface area contributed by atoms with Crippen molar-refractivity contribution in [2.45, 2.75) is 297 Å². The summed E-state index contributed by atoms with van der Waals surface area (Å²) in [6, 6.07) is 0. The van der Waals surface area contributed by atoms with Crippen LogP contribution in [-0.2, 0) is 23.7 Å². The van der Waals surface area contributed by atoms with E-state index >= 15 is 0 Å². The number of hydrogen-bond acceptors (Lipinski definition) is 6. The second-order valence-corrected chi connectivity index (χ2v) is 19.5. The van der Waals surface area contributed by atoms with E-state index in [2.05, 4.69) is 53.8 Å². The van der Waals surface area contributed by atoms with Gasteiger partial charge >= 0.3 is 6.09 Å². The van der Waals surface area contributed by atoms with Crippen molar-refractivity contribution in [1.29, 1.82) is 0 Å². The van der Waals surface area contributed by atoms with Gasteiger partial charge in [0.1, 0.15) is 12.7 Å². The monoisotopic (exact) mass is 854 g/mol. The molecule has 0 aliphatic heterocycles. The van der Waals surface area contributed by atoms with E-state index in [1.54, 1.807) is 7.11 Å². The molecule has 0 aromatic carbocycles. The first-order chi connectivity index (χ1) is 29.1. The third kappa shape index (κ3) is 42.4. The highest BCUT2D eigenvalue weighted by molar-refractivity contribution is 5.67. The fourth-order valence-corrected chi connectivity index (χ4v) is 7.89. The number of alkyl carbamates (subject to hydrolysis) is 1. The van der Waals surface area contributed by atoms with Crippen LogP contribution in [-0.4, -0.2) is 69.6 Å². The van der Waals surface area contributed by atoms with Gasteiger partial charge in [-0.1, -0.05) is 206 Å². The Kier molecular flexibility index (Phi) is 42.7. The smallest absolute Gasteiger partial charge is 0.407 e. The average Bonchev–Trinajstić information content (AvgIpc) is 3.22. The van der Waals surface area contributed by atoms with Crippen LogP contribution in [0.3, 0.4) is 0 Å². The number of ether oxygens (including phenoxy) is 5. The minimum atomic E-state index is -0.392. The van der Waals surface area contributed by atoms with Gasteiger partial charge in [-0.2, -0.15) is 0 Å². The molecule has 7 nitrogen and oxygen atoms in total. The van der Waals surface area contributed by atoms with Gasteiger partial charge in [0.15, 0.2) is 0 Å². The van der Waals surface area contributed by atoms with E-state index in [0.29, 0.717) is 19.8 Å². The fourth-order valence-electron chi connectivity index (χ4n) is 7.89. The molecule has 0 radical (unpaired) electrons. The number of rotatable bonds is 48. The molecular weight excluding hydrogens is 747 g/mol. The number of methoxy groups -OCH3 is 1. The molecule has 0 aromatic heterocycles. The Hall–Kier alpha value is -0.890. The maximum absolute atomic E-state index is 12.7. The quantitative estimate of drug-likeness (QED) is 0.0615. The molecule has 1 amide bonds. The van der Waals surface area contributed by atoms with Gasteiger partial charge in [-0.05, 0) is 66.7 Å². The molecule has 0 aliphatic carbocycles. The van der Waals surface area contributed by atoms with E-state index in [9.17, 15) is 4.79 Å². The summed E-state index contributed by atoms with van der Waals surface area (Å²) in [5.41, 5.74) is -0.455. The summed E-state index contributed by atoms with van der Waals surface area (Å²) in [5.74, 6) is 0. The Bertz CT molecular complexity index is 881. The fraction of sp³-hybridized carbons (Fsp3) is 0.981. The summed E-state index contributed by atoms with van der Waals surface area (Å²) in [6.07, 6.45) is 45.2. The van der Waals surface area contributed by atoms with Gasteiger partial charge in [0.05, 0.1) is 23.9 Å². The van der Waals surface area contributed by atoms with Gasteiger partial charge in [0, 0.05) is 26.9 Å². The predicted octanol–water partition coefficient (Wildman–Crippen LogP) is 16.4. The van der Waals surface area contributed by atoms with Crippen molar-refractivity contribution < 1.29 is 28.5 Å². The van der Waals surface area contributed by atoms with Crippen molar-refractivity contribution in [3.05, 3.63) is 0 Å². The Morgan fingerprint density at radius 2 is 0.833 bits per heavy atom. The lowest BCUT2D eigenvalue weighted by molar-refractivity contribution is -0.0877. The van der Waals surface area contributed by atoms with E-state index in [0.717, 1.165) is 38.7 Å². The molecule has 2 atom stereocenters. The normalized spacial score (nSPS) is 13.2. The van der Waals surface area contributed by atoms with E-state index in [1.807, 2.05) is 0 Å². The molecule has 0 bridgehead atoms.